The molecule has 0 bridgehead atoms. The maximum Gasteiger partial charge on any atom is 0.0468 e. The monoisotopic (exact) mass is 896 g/mol. The van der Waals surface area contributed by atoms with Crippen molar-refractivity contribution in [3.63, 3.8) is 0 Å². The number of hydrogen-bond acceptors (Lipinski definition) is 2. The van der Waals surface area contributed by atoms with Crippen LogP contribution in [-0.4, -0.2) is 0 Å². The zero-order valence-corrected chi connectivity index (χ0v) is 39.7. The van der Waals surface area contributed by atoms with Crippen LogP contribution in [0.1, 0.15) is 30.5 Å². The van der Waals surface area contributed by atoms with Crippen LogP contribution < -0.4 is 9.80 Å². The molecule has 1 aliphatic carbocycles. The molecule has 0 atom stereocenters. The third-order valence-electron chi connectivity index (χ3n) is 14.4. The SMILES string of the molecule is Cc1cccc2c1-c1ccc(N(c3ccc(-c4cc(-c5ccccc5)c(-c5ccc(N(c6ccccc6)c6ccccc6)cc5)cc4-c4ccccc4)cc3)c3ccc4ccccc4c3)cc1C2(C)C. The zero-order valence-electron chi connectivity index (χ0n) is 39.7. The largest absolute Gasteiger partial charge is 0.311 e. The Bertz CT molecular complexity index is 3620. The van der Waals surface area contributed by atoms with E-state index in [4.69, 9.17) is 0 Å². The average molecular weight is 897 g/mol. The molecule has 2 heteroatoms. The van der Waals surface area contributed by atoms with Gasteiger partial charge >= 0.3 is 0 Å². The molecule has 0 aromatic heterocycles. The van der Waals surface area contributed by atoms with Gasteiger partial charge in [0.05, 0.1) is 0 Å². The van der Waals surface area contributed by atoms with Gasteiger partial charge in [0.15, 0.2) is 0 Å². The van der Waals surface area contributed by atoms with E-state index in [1.54, 1.807) is 0 Å². The first kappa shape index (κ1) is 42.6. The Morgan fingerprint density at radius 1 is 0.271 bits per heavy atom. The van der Waals surface area contributed by atoms with Crippen LogP contribution in [0.2, 0.25) is 0 Å². The summed E-state index contributed by atoms with van der Waals surface area (Å²) in [5, 5.41) is 2.44. The van der Waals surface area contributed by atoms with Crippen molar-refractivity contribution >= 4 is 44.9 Å². The van der Waals surface area contributed by atoms with Crippen molar-refractivity contribution < 1.29 is 0 Å². The third kappa shape index (κ3) is 7.65. The predicted octanol–water partition coefficient (Wildman–Crippen LogP) is 19.1. The number of rotatable bonds is 10. The van der Waals surface area contributed by atoms with Gasteiger partial charge < -0.3 is 9.80 Å². The molecule has 0 radical (unpaired) electrons. The van der Waals surface area contributed by atoms with Crippen LogP contribution in [-0.2, 0) is 5.41 Å². The summed E-state index contributed by atoms with van der Waals surface area (Å²) in [6, 6.07) is 95.3. The first-order valence-electron chi connectivity index (χ1n) is 24.3. The summed E-state index contributed by atoms with van der Waals surface area (Å²) >= 11 is 0. The van der Waals surface area contributed by atoms with E-state index in [0.717, 1.165) is 45.3 Å². The zero-order chi connectivity index (χ0) is 47.2. The second-order valence-electron chi connectivity index (χ2n) is 19.0. The molecule has 0 amide bonds. The molecule has 0 saturated heterocycles. The molecule has 2 nitrogen and oxygen atoms in total. The van der Waals surface area contributed by atoms with E-state index in [1.165, 1.54) is 72.0 Å². The lowest BCUT2D eigenvalue weighted by Crippen LogP contribution is -2.16. The van der Waals surface area contributed by atoms with Gasteiger partial charge in [0, 0.05) is 39.5 Å². The molecule has 0 heterocycles. The molecule has 0 aliphatic heterocycles. The molecule has 0 fully saturated rings. The van der Waals surface area contributed by atoms with E-state index in [-0.39, 0.29) is 5.41 Å². The minimum absolute atomic E-state index is 0.130. The maximum absolute atomic E-state index is 2.43. The van der Waals surface area contributed by atoms with Gasteiger partial charge in [-0.1, -0.05) is 190 Å². The quantitative estimate of drug-likeness (QED) is 0.135. The summed E-state index contributed by atoms with van der Waals surface area (Å²) in [5.41, 5.74) is 22.7. The molecule has 0 N–H and O–H groups in total. The number of benzene rings is 11. The summed E-state index contributed by atoms with van der Waals surface area (Å²) in [5.74, 6) is 0. The van der Waals surface area contributed by atoms with Crippen molar-refractivity contribution in [3.05, 3.63) is 278 Å². The van der Waals surface area contributed by atoms with E-state index in [1.807, 2.05) is 0 Å². The number of aryl methyl sites for hydroxylation is 1. The Hall–Kier alpha value is -8.72. The van der Waals surface area contributed by atoms with Crippen molar-refractivity contribution in [1.29, 1.82) is 0 Å². The normalized spacial score (nSPS) is 12.3. The number of anilines is 6. The Morgan fingerprint density at radius 2 is 0.671 bits per heavy atom. The Labute approximate surface area is 412 Å². The highest BCUT2D eigenvalue weighted by Gasteiger charge is 2.37. The van der Waals surface area contributed by atoms with Crippen molar-refractivity contribution in [2.75, 3.05) is 9.80 Å². The summed E-state index contributed by atoms with van der Waals surface area (Å²) in [7, 11) is 0. The molecule has 12 rings (SSSR count). The fourth-order valence-corrected chi connectivity index (χ4v) is 10.8. The van der Waals surface area contributed by atoms with Crippen LogP contribution in [0, 0.1) is 6.92 Å². The predicted molar refractivity (Wildman–Crippen MR) is 297 cm³/mol. The highest BCUT2D eigenvalue weighted by molar-refractivity contribution is 5.97. The first-order chi connectivity index (χ1) is 34.4. The number of para-hydroxylation sites is 2. The van der Waals surface area contributed by atoms with Crippen LogP contribution in [0.5, 0.6) is 0 Å². The van der Waals surface area contributed by atoms with Crippen LogP contribution in [0.25, 0.3) is 66.4 Å². The van der Waals surface area contributed by atoms with Crippen LogP contribution >= 0.6 is 0 Å². The Balaban J connectivity index is 0.990. The van der Waals surface area contributed by atoms with Crippen LogP contribution in [0.15, 0.2) is 261 Å². The minimum atomic E-state index is -0.130. The highest BCUT2D eigenvalue weighted by atomic mass is 15.1. The highest BCUT2D eigenvalue weighted by Crippen LogP contribution is 2.52. The van der Waals surface area contributed by atoms with Gasteiger partial charge in [-0.2, -0.15) is 0 Å². The molecule has 0 unspecified atom stereocenters. The Morgan fingerprint density at radius 3 is 1.20 bits per heavy atom. The first-order valence-corrected chi connectivity index (χ1v) is 24.3. The van der Waals surface area contributed by atoms with Crippen LogP contribution in [0.4, 0.5) is 34.1 Å². The van der Waals surface area contributed by atoms with Crippen molar-refractivity contribution in [2.24, 2.45) is 0 Å². The standard InChI is InChI=1S/C68H52N2/c1-47-19-18-30-65-67(47)60-42-41-59(44-66(60)68(65,2)3)70(58-40-31-48-20-16-17-25-53(48)43-58)57-38-34-52(35-39-57)64-46-61(49-21-8-4-9-22-49)63(45-62(64)50-23-10-5-11-24-50)51-32-36-56(37-33-51)69(54-26-12-6-13-27-54)55-28-14-7-15-29-55/h4-46H,1-3H3. The lowest BCUT2D eigenvalue weighted by atomic mass is 9.82. The topological polar surface area (TPSA) is 6.48 Å². The van der Waals surface area contributed by atoms with Gasteiger partial charge in [-0.3, -0.25) is 0 Å². The molecule has 70 heavy (non-hydrogen) atoms. The average Bonchev–Trinajstić information content (AvgIpc) is 3.65. The smallest absolute Gasteiger partial charge is 0.0468 e. The van der Waals surface area contributed by atoms with Gasteiger partial charge in [-0.05, 0) is 175 Å². The van der Waals surface area contributed by atoms with Crippen molar-refractivity contribution in [3.8, 4) is 55.6 Å². The van der Waals surface area contributed by atoms with E-state index in [0.29, 0.717) is 0 Å². The third-order valence-corrected chi connectivity index (χ3v) is 14.4. The fourth-order valence-electron chi connectivity index (χ4n) is 10.8. The maximum atomic E-state index is 2.43. The van der Waals surface area contributed by atoms with Crippen molar-refractivity contribution in [2.45, 2.75) is 26.2 Å². The van der Waals surface area contributed by atoms with Gasteiger partial charge in [-0.25, -0.2) is 0 Å². The van der Waals surface area contributed by atoms with E-state index in [9.17, 15) is 0 Å². The lowest BCUT2D eigenvalue weighted by molar-refractivity contribution is 0.660. The summed E-state index contributed by atoms with van der Waals surface area (Å²) in [4.78, 5) is 4.75. The molecule has 334 valence electrons. The van der Waals surface area contributed by atoms with E-state index < -0.39 is 0 Å². The van der Waals surface area contributed by atoms with E-state index >= 15 is 0 Å². The summed E-state index contributed by atoms with van der Waals surface area (Å²) in [6.07, 6.45) is 0. The fraction of sp³-hybridized carbons (Fsp3) is 0.0588. The molecule has 11 aromatic carbocycles. The van der Waals surface area contributed by atoms with Gasteiger partial charge in [0.25, 0.3) is 0 Å². The number of nitrogens with zero attached hydrogens (tertiary/aromatic N) is 2. The molecular formula is C68H52N2. The second kappa shape index (κ2) is 17.7. The lowest BCUT2D eigenvalue weighted by Gasteiger charge is -2.28. The number of fused-ring (bicyclic) bond motifs is 4. The van der Waals surface area contributed by atoms with Gasteiger partial charge in [0.2, 0.25) is 0 Å². The molecule has 0 spiro atoms. The number of hydrogen-bond donors (Lipinski definition) is 0. The van der Waals surface area contributed by atoms with E-state index in [2.05, 4.69) is 291 Å². The molecule has 0 saturated carbocycles. The molecular weight excluding hydrogens is 845 g/mol. The van der Waals surface area contributed by atoms with Crippen LogP contribution in [0.3, 0.4) is 0 Å². The summed E-state index contributed by atoms with van der Waals surface area (Å²) < 4.78 is 0. The molecule has 1 aliphatic rings. The second-order valence-corrected chi connectivity index (χ2v) is 19.0. The Kier molecular flexibility index (Phi) is 10.8. The van der Waals surface area contributed by atoms with Gasteiger partial charge in [0.1, 0.15) is 0 Å². The summed E-state index contributed by atoms with van der Waals surface area (Å²) in [6.45, 7) is 6.98. The molecule has 11 aromatic rings. The van der Waals surface area contributed by atoms with Crippen molar-refractivity contribution in [1.82, 2.24) is 0 Å². The van der Waals surface area contributed by atoms with Gasteiger partial charge in [-0.15, -0.1) is 0 Å². The minimum Gasteiger partial charge on any atom is -0.311 e.